The Morgan fingerprint density at radius 1 is 1.31 bits per heavy atom. The summed E-state index contributed by atoms with van der Waals surface area (Å²) in [5.41, 5.74) is 2.77. The van der Waals surface area contributed by atoms with Crippen LogP contribution in [0, 0.1) is 0 Å². The van der Waals surface area contributed by atoms with E-state index in [2.05, 4.69) is 15.6 Å². The number of benzene rings is 1. The van der Waals surface area contributed by atoms with Crippen LogP contribution in [0.3, 0.4) is 0 Å². The molecule has 4 rings (SSSR count). The van der Waals surface area contributed by atoms with Crippen molar-refractivity contribution in [3.8, 4) is 0 Å². The van der Waals surface area contributed by atoms with Crippen molar-refractivity contribution in [3.63, 3.8) is 0 Å². The molecule has 0 radical (unpaired) electrons. The van der Waals surface area contributed by atoms with E-state index >= 15 is 0 Å². The Morgan fingerprint density at radius 3 is 2.88 bits per heavy atom. The van der Waals surface area contributed by atoms with Crippen molar-refractivity contribution in [1.29, 1.82) is 0 Å². The van der Waals surface area contributed by atoms with Gasteiger partial charge in [-0.15, -0.1) is 0 Å². The number of nitrogens with zero attached hydrogens (tertiary/aromatic N) is 3. The van der Waals surface area contributed by atoms with Gasteiger partial charge in [-0.2, -0.15) is 0 Å². The van der Waals surface area contributed by atoms with Crippen molar-refractivity contribution in [2.45, 2.75) is 37.9 Å². The summed E-state index contributed by atoms with van der Waals surface area (Å²) < 4.78 is 10.7. The minimum atomic E-state index is -0.347. The number of amides is 2. The lowest BCUT2D eigenvalue weighted by Crippen LogP contribution is -2.45. The zero-order chi connectivity index (χ0) is 22.5. The summed E-state index contributed by atoms with van der Waals surface area (Å²) in [6, 6.07) is 5.09. The molecule has 1 aromatic heterocycles. The molecule has 2 N–H and O–H groups in total. The van der Waals surface area contributed by atoms with Crippen LogP contribution >= 0.6 is 23.2 Å². The minimum absolute atomic E-state index is 0.179. The largest absolute Gasteiger partial charge is 0.382 e. The van der Waals surface area contributed by atoms with Gasteiger partial charge < -0.3 is 25.0 Å². The minimum Gasteiger partial charge on any atom is -0.382 e. The van der Waals surface area contributed by atoms with Crippen LogP contribution in [0.25, 0.3) is 0 Å². The normalized spacial score (nSPS) is 17.5. The molecule has 0 spiro atoms. The van der Waals surface area contributed by atoms with Gasteiger partial charge in [0.05, 0.1) is 34.9 Å². The van der Waals surface area contributed by atoms with Crippen molar-refractivity contribution in [2.24, 2.45) is 0 Å². The Kier molecular flexibility index (Phi) is 7.67. The topological polar surface area (TPSA) is 88.6 Å². The molecule has 1 fully saturated rings. The first-order valence-electron chi connectivity index (χ1n) is 10.7. The van der Waals surface area contributed by atoms with E-state index in [1.54, 1.807) is 24.1 Å². The number of hydrogen-bond donors (Lipinski definition) is 2. The Labute approximate surface area is 197 Å². The van der Waals surface area contributed by atoms with Crippen LogP contribution in [0.1, 0.15) is 35.7 Å². The zero-order valence-electron chi connectivity index (χ0n) is 17.9. The van der Waals surface area contributed by atoms with Crippen molar-refractivity contribution >= 4 is 35.2 Å². The number of nitrogens with one attached hydrogen (secondary N) is 2. The van der Waals surface area contributed by atoms with Gasteiger partial charge in [0.1, 0.15) is 0 Å². The number of carbonyl (C=O) groups excluding carboxylic acids is 1. The summed E-state index contributed by atoms with van der Waals surface area (Å²) >= 11 is 12.2. The van der Waals surface area contributed by atoms with Gasteiger partial charge in [-0.05, 0) is 42.5 Å². The zero-order valence-corrected chi connectivity index (χ0v) is 19.5. The number of aromatic nitrogens is 2. The molecule has 0 saturated carbocycles. The van der Waals surface area contributed by atoms with Crippen LogP contribution < -0.4 is 10.6 Å². The Balaban J connectivity index is 1.42. The average Bonchev–Trinajstić information content (AvgIpc) is 2.81. The van der Waals surface area contributed by atoms with Crippen molar-refractivity contribution < 1.29 is 14.3 Å². The van der Waals surface area contributed by atoms with E-state index < -0.39 is 0 Å². The highest BCUT2D eigenvalue weighted by atomic mass is 35.5. The van der Waals surface area contributed by atoms with Gasteiger partial charge in [0.25, 0.3) is 0 Å². The highest BCUT2D eigenvalue weighted by molar-refractivity contribution is 6.42. The quantitative estimate of drug-likeness (QED) is 0.654. The van der Waals surface area contributed by atoms with E-state index in [1.165, 1.54) is 0 Å². The molecule has 2 aromatic rings. The predicted octanol–water partition coefficient (Wildman–Crippen LogP) is 3.83. The second-order valence-corrected chi connectivity index (χ2v) is 8.81. The first kappa shape index (κ1) is 23.0. The van der Waals surface area contributed by atoms with Gasteiger partial charge in [-0.1, -0.05) is 29.3 Å². The number of halogens is 2. The van der Waals surface area contributed by atoms with Crippen molar-refractivity contribution in [2.75, 3.05) is 38.8 Å². The van der Waals surface area contributed by atoms with Gasteiger partial charge in [0, 0.05) is 39.1 Å². The number of ether oxygens (including phenoxy) is 2. The fraction of sp³-hybridized carbons (Fsp3) is 0.500. The van der Waals surface area contributed by atoms with Gasteiger partial charge in [-0.3, -0.25) is 0 Å². The fourth-order valence-corrected chi connectivity index (χ4v) is 4.23. The maximum Gasteiger partial charge on any atom is 0.318 e. The number of hydrogen-bond acceptors (Lipinski definition) is 6. The average molecular weight is 480 g/mol. The number of carbonyl (C=O) groups is 1. The Hall–Kier alpha value is -2.13. The Bertz CT molecular complexity index is 955. The predicted molar refractivity (Wildman–Crippen MR) is 123 cm³/mol. The molecule has 172 valence electrons. The summed E-state index contributed by atoms with van der Waals surface area (Å²) in [5, 5.41) is 7.35. The lowest BCUT2D eigenvalue weighted by molar-refractivity contribution is 0.0903. The molecule has 8 nitrogen and oxygen atoms in total. The van der Waals surface area contributed by atoms with E-state index in [9.17, 15) is 4.79 Å². The van der Waals surface area contributed by atoms with E-state index in [1.807, 2.05) is 12.3 Å². The third kappa shape index (κ3) is 5.61. The lowest BCUT2D eigenvalue weighted by Gasteiger charge is -2.30. The maximum absolute atomic E-state index is 13.0. The van der Waals surface area contributed by atoms with Crippen LogP contribution in [-0.2, 0) is 22.4 Å². The smallest absolute Gasteiger partial charge is 0.318 e. The third-order valence-electron chi connectivity index (χ3n) is 5.76. The second kappa shape index (κ2) is 10.7. The van der Waals surface area contributed by atoms with Gasteiger partial charge in [0.15, 0.2) is 0 Å². The molecular formula is C22H27Cl2N5O3. The van der Waals surface area contributed by atoms with E-state index in [0.29, 0.717) is 48.2 Å². The molecule has 1 saturated heterocycles. The fourth-order valence-electron chi connectivity index (χ4n) is 3.93. The molecule has 2 amide bonds. The molecule has 3 heterocycles. The van der Waals surface area contributed by atoms with Gasteiger partial charge in [0.2, 0.25) is 5.95 Å². The monoisotopic (exact) mass is 479 g/mol. The van der Waals surface area contributed by atoms with Gasteiger partial charge in [-0.25, -0.2) is 14.8 Å². The van der Waals surface area contributed by atoms with Gasteiger partial charge >= 0.3 is 6.03 Å². The molecule has 32 heavy (non-hydrogen) atoms. The SMILES string of the molecule is COC[C@@H](NC(=O)N1CCc2cnc(NC3CCOCC3)nc2C1)c1ccc(Cl)c(Cl)c1. The Morgan fingerprint density at radius 2 is 2.12 bits per heavy atom. The molecule has 1 aromatic carbocycles. The first-order valence-corrected chi connectivity index (χ1v) is 11.5. The van der Waals surface area contributed by atoms with Crippen LogP contribution in [-0.4, -0.2) is 60.4 Å². The molecule has 2 aliphatic rings. The highest BCUT2D eigenvalue weighted by Gasteiger charge is 2.25. The molecule has 0 aliphatic carbocycles. The molecule has 0 unspecified atom stereocenters. The molecule has 0 bridgehead atoms. The van der Waals surface area contributed by atoms with Crippen molar-refractivity contribution in [3.05, 3.63) is 51.3 Å². The summed E-state index contributed by atoms with van der Waals surface area (Å²) in [7, 11) is 1.59. The molecule has 10 heteroatoms. The highest BCUT2D eigenvalue weighted by Crippen LogP contribution is 2.26. The summed E-state index contributed by atoms with van der Waals surface area (Å²) in [6.45, 7) is 2.83. The van der Waals surface area contributed by atoms with Crippen LogP contribution in [0.4, 0.5) is 10.7 Å². The summed E-state index contributed by atoms with van der Waals surface area (Å²) in [4.78, 5) is 24.0. The van der Waals surface area contributed by atoms with E-state index in [-0.39, 0.29) is 12.1 Å². The molecule has 1 atom stereocenters. The number of fused-ring (bicyclic) bond motifs is 1. The number of urea groups is 1. The summed E-state index contributed by atoms with van der Waals surface area (Å²) in [6.07, 6.45) is 4.44. The van der Waals surface area contributed by atoms with Crippen LogP contribution in [0.2, 0.25) is 10.0 Å². The first-order chi connectivity index (χ1) is 15.5. The maximum atomic E-state index is 13.0. The van der Waals surface area contributed by atoms with E-state index in [4.69, 9.17) is 37.7 Å². The number of anilines is 1. The van der Waals surface area contributed by atoms with Crippen molar-refractivity contribution in [1.82, 2.24) is 20.2 Å². The molecule has 2 aliphatic heterocycles. The number of methoxy groups -OCH3 is 1. The van der Waals surface area contributed by atoms with E-state index in [0.717, 1.165) is 42.9 Å². The summed E-state index contributed by atoms with van der Waals surface area (Å²) in [5.74, 6) is 0.603. The standard InChI is InChI=1S/C22H27Cl2N5O3/c1-31-13-20(14-2-3-17(23)18(24)10-14)28-22(30)29-7-4-15-11-25-21(27-19(15)12-29)26-16-5-8-32-9-6-16/h2-3,10-11,16,20H,4-9,12-13H2,1H3,(H,28,30)(H,25,26,27)/t20-/m1/s1. The lowest BCUT2D eigenvalue weighted by atomic mass is 10.1. The number of rotatable bonds is 6. The third-order valence-corrected chi connectivity index (χ3v) is 6.50. The van der Waals surface area contributed by atoms with Crippen LogP contribution in [0.5, 0.6) is 0 Å². The van der Waals surface area contributed by atoms with Crippen LogP contribution in [0.15, 0.2) is 24.4 Å². The second-order valence-electron chi connectivity index (χ2n) is 8.00. The molecular weight excluding hydrogens is 453 g/mol.